The van der Waals surface area contributed by atoms with E-state index in [1.807, 2.05) is 24.3 Å². The number of carboxylic acids is 1. The topological polar surface area (TPSA) is 78.9 Å². The Kier molecular flexibility index (Phi) is 6.80. The highest BCUT2D eigenvalue weighted by molar-refractivity contribution is 5.75. The van der Waals surface area contributed by atoms with E-state index < -0.39 is 5.97 Å². The number of nitrogens with zero attached hydrogens (tertiary/aromatic N) is 1. The van der Waals surface area contributed by atoms with Crippen molar-refractivity contribution >= 4 is 12.0 Å². The van der Waals surface area contributed by atoms with Gasteiger partial charge >= 0.3 is 12.0 Å². The molecule has 2 amide bonds. The molecule has 0 saturated carbocycles. The van der Waals surface area contributed by atoms with Gasteiger partial charge in [-0.15, -0.1) is 6.58 Å². The number of benzene rings is 1. The first kappa shape index (κ1) is 16.6. The first-order valence-electron chi connectivity index (χ1n) is 6.55. The number of amides is 2. The molecule has 0 fully saturated rings. The number of para-hydroxylation sites is 1. The van der Waals surface area contributed by atoms with Crippen LogP contribution in [0.5, 0.6) is 5.75 Å². The molecule has 0 aromatic heterocycles. The summed E-state index contributed by atoms with van der Waals surface area (Å²) < 4.78 is 5.25. The van der Waals surface area contributed by atoms with Crippen LogP contribution >= 0.6 is 0 Å². The van der Waals surface area contributed by atoms with Crippen LogP contribution in [0.3, 0.4) is 0 Å². The van der Waals surface area contributed by atoms with E-state index in [2.05, 4.69) is 11.9 Å². The lowest BCUT2D eigenvalue weighted by molar-refractivity contribution is -0.136. The Labute approximate surface area is 124 Å². The number of carboxylic acid groups (broad SMARTS) is 1. The van der Waals surface area contributed by atoms with Gasteiger partial charge in [-0.1, -0.05) is 24.3 Å². The van der Waals surface area contributed by atoms with Crippen LogP contribution in [-0.2, 0) is 11.3 Å². The Balaban J connectivity index is 2.70. The van der Waals surface area contributed by atoms with Crippen LogP contribution in [-0.4, -0.2) is 42.2 Å². The molecule has 0 spiro atoms. The van der Waals surface area contributed by atoms with E-state index in [1.165, 1.54) is 4.90 Å². The lowest BCUT2D eigenvalue weighted by Gasteiger charge is -2.22. The molecule has 1 aromatic rings. The minimum atomic E-state index is -0.949. The number of methoxy groups -OCH3 is 1. The predicted octanol–water partition coefficient (Wildman–Crippen LogP) is 1.87. The summed E-state index contributed by atoms with van der Waals surface area (Å²) in [5.74, 6) is -0.250. The van der Waals surface area contributed by atoms with Gasteiger partial charge in [0.05, 0.1) is 20.1 Å². The van der Waals surface area contributed by atoms with E-state index in [0.29, 0.717) is 18.8 Å². The minimum Gasteiger partial charge on any atom is -0.496 e. The molecular formula is C15H20N2O4. The Morgan fingerprint density at radius 2 is 2.14 bits per heavy atom. The van der Waals surface area contributed by atoms with Crippen molar-refractivity contribution in [3.8, 4) is 5.75 Å². The van der Waals surface area contributed by atoms with Crippen molar-refractivity contribution in [3.63, 3.8) is 0 Å². The van der Waals surface area contributed by atoms with Crippen LogP contribution < -0.4 is 10.1 Å². The van der Waals surface area contributed by atoms with Crippen LogP contribution in [0.2, 0.25) is 0 Å². The summed E-state index contributed by atoms with van der Waals surface area (Å²) in [6.45, 7) is 4.43. The third-order valence-electron chi connectivity index (χ3n) is 2.81. The quantitative estimate of drug-likeness (QED) is 0.717. The maximum absolute atomic E-state index is 12.1. The number of carbonyl (C=O) groups excluding carboxylic acids is 1. The number of nitrogens with one attached hydrogen (secondary N) is 1. The van der Waals surface area contributed by atoms with E-state index in [1.54, 1.807) is 13.2 Å². The van der Waals surface area contributed by atoms with Crippen LogP contribution in [0, 0.1) is 0 Å². The second kappa shape index (κ2) is 8.63. The number of ether oxygens (including phenoxy) is 1. The van der Waals surface area contributed by atoms with Crippen molar-refractivity contribution in [1.82, 2.24) is 10.2 Å². The molecule has 0 aliphatic carbocycles. The molecule has 6 heteroatoms. The maximum Gasteiger partial charge on any atom is 0.317 e. The SMILES string of the molecule is C=CCN(Cc1ccccc1OC)C(=O)NCCC(=O)O. The lowest BCUT2D eigenvalue weighted by atomic mass is 10.2. The van der Waals surface area contributed by atoms with Crippen LogP contribution in [0.1, 0.15) is 12.0 Å². The highest BCUT2D eigenvalue weighted by Gasteiger charge is 2.14. The van der Waals surface area contributed by atoms with Crippen molar-refractivity contribution in [3.05, 3.63) is 42.5 Å². The molecular weight excluding hydrogens is 272 g/mol. The fourth-order valence-electron chi connectivity index (χ4n) is 1.80. The van der Waals surface area contributed by atoms with Crippen molar-refractivity contribution in [2.45, 2.75) is 13.0 Å². The van der Waals surface area contributed by atoms with Crippen molar-refractivity contribution < 1.29 is 19.4 Å². The van der Waals surface area contributed by atoms with Gasteiger partial charge in [-0.3, -0.25) is 4.79 Å². The van der Waals surface area contributed by atoms with E-state index >= 15 is 0 Å². The molecule has 6 nitrogen and oxygen atoms in total. The normalized spacial score (nSPS) is 9.76. The molecule has 0 bridgehead atoms. The Bertz CT molecular complexity index is 502. The zero-order valence-corrected chi connectivity index (χ0v) is 12.0. The van der Waals surface area contributed by atoms with E-state index in [9.17, 15) is 9.59 Å². The van der Waals surface area contributed by atoms with Crippen molar-refractivity contribution in [2.24, 2.45) is 0 Å². The van der Waals surface area contributed by atoms with Gasteiger partial charge in [-0.25, -0.2) is 4.79 Å². The molecule has 0 aliphatic rings. The second-order valence-corrected chi connectivity index (χ2v) is 4.36. The molecule has 0 atom stereocenters. The summed E-state index contributed by atoms with van der Waals surface area (Å²) in [6.07, 6.45) is 1.51. The molecule has 0 unspecified atom stereocenters. The zero-order chi connectivity index (χ0) is 15.7. The van der Waals surface area contributed by atoms with Gasteiger partial charge in [-0.2, -0.15) is 0 Å². The number of carbonyl (C=O) groups is 2. The maximum atomic E-state index is 12.1. The molecule has 21 heavy (non-hydrogen) atoms. The minimum absolute atomic E-state index is 0.0910. The van der Waals surface area contributed by atoms with Gasteiger partial charge in [0.2, 0.25) is 0 Å². The largest absolute Gasteiger partial charge is 0.496 e. The smallest absolute Gasteiger partial charge is 0.317 e. The van der Waals surface area contributed by atoms with Gasteiger partial charge in [0, 0.05) is 18.7 Å². The Morgan fingerprint density at radius 1 is 1.43 bits per heavy atom. The van der Waals surface area contributed by atoms with Crippen LogP contribution in [0.25, 0.3) is 0 Å². The molecule has 1 aromatic carbocycles. The summed E-state index contributed by atoms with van der Waals surface area (Å²) in [7, 11) is 1.57. The average molecular weight is 292 g/mol. The molecule has 1 rings (SSSR count). The molecule has 0 heterocycles. The lowest BCUT2D eigenvalue weighted by Crippen LogP contribution is -2.40. The van der Waals surface area contributed by atoms with Gasteiger partial charge in [-0.05, 0) is 6.07 Å². The fraction of sp³-hybridized carbons (Fsp3) is 0.333. The van der Waals surface area contributed by atoms with Crippen molar-refractivity contribution in [1.29, 1.82) is 0 Å². The Hall–Kier alpha value is -2.50. The number of hydrogen-bond donors (Lipinski definition) is 2. The highest BCUT2D eigenvalue weighted by Crippen LogP contribution is 2.19. The Morgan fingerprint density at radius 3 is 2.76 bits per heavy atom. The fourth-order valence-corrected chi connectivity index (χ4v) is 1.80. The second-order valence-electron chi connectivity index (χ2n) is 4.36. The standard InChI is InChI=1S/C15H20N2O4/c1-3-10-17(15(20)16-9-8-14(18)19)11-12-6-4-5-7-13(12)21-2/h3-7H,1,8-11H2,2H3,(H,16,20)(H,18,19). The molecule has 2 N–H and O–H groups in total. The number of hydrogen-bond acceptors (Lipinski definition) is 3. The molecule has 0 radical (unpaired) electrons. The van der Waals surface area contributed by atoms with Crippen LogP contribution in [0.15, 0.2) is 36.9 Å². The summed E-state index contributed by atoms with van der Waals surface area (Å²) >= 11 is 0. The first-order valence-corrected chi connectivity index (χ1v) is 6.55. The van der Waals surface area contributed by atoms with E-state index in [-0.39, 0.29) is 19.0 Å². The van der Waals surface area contributed by atoms with Gasteiger partial charge < -0.3 is 20.1 Å². The highest BCUT2D eigenvalue weighted by atomic mass is 16.5. The third kappa shape index (κ3) is 5.56. The number of aliphatic carboxylic acids is 1. The first-order chi connectivity index (χ1) is 10.1. The molecule has 0 aliphatic heterocycles. The number of rotatable bonds is 8. The molecule has 0 saturated heterocycles. The molecule has 114 valence electrons. The third-order valence-corrected chi connectivity index (χ3v) is 2.81. The summed E-state index contributed by atoms with van der Waals surface area (Å²) in [4.78, 5) is 24.0. The summed E-state index contributed by atoms with van der Waals surface area (Å²) in [6, 6.07) is 7.09. The van der Waals surface area contributed by atoms with Gasteiger partial charge in [0.25, 0.3) is 0 Å². The zero-order valence-electron chi connectivity index (χ0n) is 12.0. The predicted molar refractivity (Wildman–Crippen MR) is 79.3 cm³/mol. The monoisotopic (exact) mass is 292 g/mol. The van der Waals surface area contributed by atoms with E-state index in [4.69, 9.17) is 9.84 Å². The van der Waals surface area contributed by atoms with Crippen LogP contribution in [0.4, 0.5) is 4.79 Å². The van der Waals surface area contributed by atoms with Crippen molar-refractivity contribution in [2.75, 3.05) is 20.2 Å². The number of urea groups is 1. The summed E-state index contributed by atoms with van der Waals surface area (Å²) in [5.41, 5.74) is 0.871. The van der Waals surface area contributed by atoms with Gasteiger partial charge in [0.1, 0.15) is 5.75 Å². The average Bonchev–Trinajstić information content (AvgIpc) is 2.46. The summed E-state index contributed by atoms with van der Waals surface area (Å²) in [5, 5.41) is 11.1. The van der Waals surface area contributed by atoms with Gasteiger partial charge in [0.15, 0.2) is 0 Å². The van der Waals surface area contributed by atoms with E-state index in [0.717, 1.165) is 5.56 Å².